The summed E-state index contributed by atoms with van der Waals surface area (Å²) in [5.41, 5.74) is 1.21. The fraction of sp³-hybridized carbons (Fsp3) is 0.400. The van der Waals surface area contributed by atoms with Crippen molar-refractivity contribution in [3.8, 4) is 11.5 Å². The summed E-state index contributed by atoms with van der Waals surface area (Å²) in [7, 11) is 6.88. The van der Waals surface area contributed by atoms with Crippen molar-refractivity contribution < 1.29 is 41.4 Å². The number of halogens is 2. The minimum atomic E-state index is 0. The molecule has 1 aromatic carbocycles. The second kappa shape index (κ2) is 10.2. The third-order valence-corrected chi connectivity index (χ3v) is 2.07. The van der Waals surface area contributed by atoms with E-state index in [0.717, 1.165) is 5.69 Å². The zero-order valence-electron chi connectivity index (χ0n) is 10.8. The maximum absolute atomic E-state index is 8.77. The number of ether oxygens (including phenoxy) is 2. The van der Waals surface area contributed by atoms with Gasteiger partial charge in [-0.1, -0.05) is 0 Å². The van der Waals surface area contributed by atoms with Gasteiger partial charge in [-0.25, -0.2) is 0 Å². The minimum absolute atomic E-state index is 0. The van der Waals surface area contributed by atoms with E-state index in [1.54, 1.807) is 19.2 Å². The smallest absolute Gasteiger partial charge is 0.430 e. The van der Waals surface area contributed by atoms with Crippen molar-refractivity contribution in [2.24, 2.45) is 0 Å². The van der Waals surface area contributed by atoms with Crippen LogP contribution in [0.15, 0.2) is 12.1 Å². The first kappa shape index (κ1) is 22.4. The first-order chi connectivity index (χ1) is 7.13. The summed E-state index contributed by atoms with van der Waals surface area (Å²) in [5, 5.41) is 8.77. The van der Waals surface area contributed by atoms with Crippen molar-refractivity contribution >= 4 is 23.8 Å². The van der Waals surface area contributed by atoms with Crippen LogP contribution in [0.1, 0.15) is 0 Å². The van der Waals surface area contributed by atoms with Gasteiger partial charge >= 0.3 is 5.69 Å². The van der Waals surface area contributed by atoms with E-state index in [1.165, 1.54) is 7.11 Å². The first-order valence-electron chi connectivity index (χ1n) is 4.42. The van der Waals surface area contributed by atoms with Crippen LogP contribution in [-0.2, 0) is 19.5 Å². The molecule has 0 fully saturated rings. The predicted octanol–water partition coefficient (Wildman–Crippen LogP) is -0.322. The summed E-state index contributed by atoms with van der Waals surface area (Å²) in [6, 6.07) is 3.38. The molecule has 5 nitrogen and oxygen atoms in total. The summed E-state index contributed by atoms with van der Waals surface area (Å²) in [4.78, 5) is 5.02. The van der Waals surface area contributed by atoms with E-state index in [1.807, 2.05) is 19.0 Å². The van der Waals surface area contributed by atoms with E-state index in [2.05, 4.69) is 4.98 Å². The Labute approximate surface area is 132 Å². The predicted molar refractivity (Wildman–Crippen MR) is 65.9 cm³/mol. The van der Waals surface area contributed by atoms with Crippen LogP contribution in [0.4, 0.5) is 11.4 Å². The molecule has 0 aliphatic heterocycles. The van der Waals surface area contributed by atoms with Gasteiger partial charge < -0.3 is 26.8 Å². The molecule has 0 radical (unpaired) electrons. The zero-order chi connectivity index (χ0) is 11.4. The number of hydrogen-bond donors (Lipinski definition) is 0. The molecular weight excluding hydrogens is 330 g/mol. The van der Waals surface area contributed by atoms with Gasteiger partial charge in [0.1, 0.15) is 0 Å². The second-order valence-corrected chi connectivity index (χ2v) is 3.19. The van der Waals surface area contributed by atoms with Gasteiger partial charge in [0.25, 0.3) is 0 Å². The van der Waals surface area contributed by atoms with Crippen molar-refractivity contribution in [3.63, 3.8) is 0 Å². The monoisotopic (exact) mass is 343 g/mol. The largest absolute Gasteiger partial charge is 1.00 e. The molecule has 18 heavy (non-hydrogen) atoms. The van der Waals surface area contributed by atoms with Crippen LogP contribution in [0.25, 0.3) is 4.98 Å². The van der Waals surface area contributed by atoms with E-state index < -0.39 is 0 Å². The van der Waals surface area contributed by atoms with Gasteiger partial charge in [0.05, 0.1) is 26.0 Å². The van der Waals surface area contributed by atoms with E-state index in [0.29, 0.717) is 17.2 Å². The topological polar surface area (TPSA) is 49.9 Å². The molecule has 0 heterocycles. The van der Waals surface area contributed by atoms with E-state index in [-0.39, 0.29) is 44.3 Å². The molecule has 0 aliphatic rings. The maximum Gasteiger partial charge on any atom is 0.430 e. The summed E-state index contributed by atoms with van der Waals surface area (Å²) < 4.78 is 10.3. The summed E-state index contributed by atoms with van der Waals surface area (Å²) in [6.45, 7) is 0. The average Bonchev–Trinajstić information content (AvgIpc) is 2.26. The Morgan fingerprint density at radius 3 is 1.94 bits per heavy atom. The summed E-state index contributed by atoms with van der Waals surface area (Å²) in [5.74, 6) is 1.13. The Morgan fingerprint density at radius 2 is 1.61 bits per heavy atom. The Hall–Kier alpha value is -0.757. The van der Waals surface area contributed by atoms with Crippen LogP contribution >= 0.6 is 12.4 Å². The molecular formula is C10H15Cl2N3O2Zn. The zero-order valence-corrected chi connectivity index (χ0v) is 15.3. The van der Waals surface area contributed by atoms with Gasteiger partial charge in [0.2, 0.25) is 11.1 Å². The maximum atomic E-state index is 8.77. The molecule has 8 heteroatoms. The van der Waals surface area contributed by atoms with Gasteiger partial charge in [-0.3, -0.25) is 0 Å². The Balaban J connectivity index is -0.000000750. The number of anilines is 1. The SMILES string of the molecule is COc1cc(N(C)C)c(OC)cc1[N+]#N.Cl.[Cl-].[Zn]. The molecule has 0 bridgehead atoms. The Kier molecular flexibility index (Phi) is 12.7. The number of methoxy groups -OCH3 is 2. The molecule has 1 aromatic rings. The number of hydrogen-bond acceptors (Lipinski definition) is 4. The quantitative estimate of drug-likeness (QED) is 0.556. The third kappa shape index (κ3) is 4.85. The van der Waals surface area contributed by atoms with Crippen LogP contribution in [0, 0.1) is 5.39 Å². The minimum Gasteiger partial charge on any atom is -1.00 e. The molecule has 0 unspecified atom stereocenters. The van der Waals surface area contributed by atoms with E-state index >= 15 is 0 Å². The molecule has 0 atom stereocenters. The van der Waals surface area contributed by atoms with Crippen molar-refractivity contribution in [1.29, 1.82) is 5.39 Å². The van der Waals surface area contributed by atoms with Crippen LogP contribution in [0.3, 0.4) is 0 Å². The van der Waals surface area contributed by atoms with E-state index in [9.17, 15) is 0 Å². The van der Waals surface area contributed by atoms with Crippen molar-refractivity contribution in [2.75, 3.05) is 33.2 Å². The van der Waals surface area contributed by atoms with Crippen LogP contribution in [0.2, 0.25) is 0 Å². The number of nitrogens with zero attached hydrogens (tertiary/aromatic N) is 3. The van der Waals surface area contributed by atoms with Crippen molar-refractivity contribution in [3.05, 3.63) is 17.1 Å². The fourth-order valence-electron chi connectivity index (χ4n) is 1.29. The number of diazo groups is 1. The standard InChI is InChI=1S/C10H14N3O2.2ClH.Zn/c1-13(2)8-6-9(14-3)7(12-11)5-10(8)15-4;;;/h5-6H,1-4H3;2*1H;/q+1;;;/p-1. The van der Waals surface area contributed by atoms with Gasteiger partial charge in [-0.15, -0.1) is 12.4 Å². The van der Waals surface area contributed by atoms with Gasteiger partial charge in [-0.2, -0.15) is 0 Å². The summed E-state index contributed by atoms with van der Waals surface area (Å²) in [6.07, 6.45) is 0. The normalized spacial score (nSPS) is 7.72. The van der Waals surface area contributed by atoms with Gasteiger partial charge in [0.15, 0.2) is 10.7 Å². The van der Waals surface area contributed by atoms with Gasteiger partial charge in [-0.05, 0) is 0 Å². The summed E-state index contributed by atoms with van der Waals surface area (Å²) >= 11 is 0. The Bertz CT molecular complexity index is 411. The molecule has 0 N–H and O–H groups in total. The average molecular weight is 346 g/mol. The molecule has 0 saturated heterocycles. The van der Waals surface area contributed by atoms with Crippen molar-refractivity contribution in [2.45, 2.75) is 0 Å². The van der Waals surface area contributed by atoms with E-state index in [4.69, 9.17) is 14.9 Å². The molecule has 0 aromatic heterocycles. The molecule has 0 amide bonds. The first-order valence-corrected chi connectivity index (χ1v) is 4.42. The molecule has 0 aliphatic carbocycles. The fourth-order valence-corrected chi connectivity index (χ4v) is 1.29. The second-order valence-electron chi connectivity index (χ2n) is 3.19. The van der Waals surface area contributed by atoms with Crippen molar-refractivity contribution in [1.82, 2.24) is 0 Å². The van der Waals surface area contributed by atoms with Crippen LogP contribution < -0.4 is 26.8 Å². The Morgan fingerprint density at radius 1 is 1.11 bits per heavy atom. The van der Waals surface area contributed by atoms with Crippen LogP contribution in [0.5, 0.6) is 11.5 Å². The molecule has 1 rings (SSSR count). The molecule has 0 spiro atoms. The van der Waals surface area contributed by atoms with Crippen LogP contribution in [-0.4, -0.2) is 28.3 Å². The van der Waals surface area contributed by atoms with Gasteiger partial charge in [0, 0.05) is 39.6 Å². The number of rotatable bonds is 3. The third-order valence-electron chi connectivity index (χ3n) is 2.07. The molecule has 0 saturated carbocycles. The number of benzene rings is 1. The molecule has 98 valence electrons.